The van der Waals surface area contributed by atoms with E-state index in [1.165, 1.54) is 18.2 Å². The van der Waals surface area contributed by atoms with Crippen molar-refractivity contribution in [3.8, 4) is 0 Å². The number of nitrogens with two attached hydrogens (primary N) is 1. The Morgan fingerprint density at radius 2 is 1.82 bits per heavy atom. The lowest BCUT2D eigenvalue weighted by molar-refractivity contribution is -0.141. The molecule has 0 fully saturated rings. The van der Waals surface area contributed by atoms with E-state index in [0.717, 1.165) is 4.90 Å². The van der Waals surface area contributed by atoms with Crippen molar-refractivity contribution < 1.29 is 33.0 Å². The molecular weight excluding hydrogens is 524 g/mol. The number of benzene rings is 3. The van der Waals surface area contributed by atoms with E-state index in [0.29, 0.717) is 39.3 Å². The number of carboxylic acids is 1. The number of fused-ring (bicyclic) bond motifs is 2. The van der Waals surface area contributed by atoms with Gasteiger partial charge >= 0.3 is 5.97 Å². The van der Waals surface area contributed by atoms with Crippen LogP contribution in [0.25, 0.3) is 0 Å². The summed E-state index contributed by atoms with van der Waals surface area (Å²) in [5.74, 6) is -3.10. The van der Waals surface area contributed by atoms with Crippen molar-refractivity contribution in [2.24, 2.45) is 4.99 Å². The largest absolute Gasteiger partial charge is 0.480 e. The molecule has 5 rings (SSSR count). The molecule has 3 unspecified atom stereocenters. The van der Waals surface area contributed by atoms with Crippen LogP contribution in [0.3, 0.4) is 0 Å². The molecule has 0 saturated heterocycles. The van der Waals surface area contributed by atoms with Crippen molar-refractivity contribution >= 4 is 57.5 Å². The number of nitrogens with zero attached hydrogens (tertiary/aromatic N) is 2. The molecule has 11 nitrogen and oxygen atoms in total. The number of nitrogen functional groups attached to an aromatic ring is 1. The molecule has 0 bridgehead atoms. The molecule has 5 N–H and O–H groups in total. The van der Waals surface area contributed by atoms with Crippen molar-refractivity contribution in [1.82, 2.24) is 5.32 Å². The monoisotopic (exact) mass is 546 g/mol. The number of rotatable bonds is 7. The van der Waals surface area contributed by atoms with Gasteiger partial charge in [0.15, 0.2) is 11.1 Å². The third-order valence-electron chi connectivity index (χ3n) is 6.54. The molecule has 3 aromatic rings. The van der Waals surface area contributed by atoms with Crippen LogP contribution in [0.1, 0.15) is 32.3 Å². The van der Waals surface area contributed by atoms with Gasteiger partial charge in [-0.25, -0.2) is 18.9 Å². The van der Waals surface area contributed by atoms with E-state index < -0.39 is 46.1 Å². The highest BCUT2D eigenvalue weighted by molar-refractivity contribution is 7.80. The molecule has 198 valence electrons. The third kappa shape index (κ3) is 4.94. The number of para-hydroxylation sites is 1. The van der Waals surface area contributed by atoms with Crippen LogP contribution >= 0.6 is 0 Å². The van der Waals surface area contributed by atoms with Gasteiger partial charge in [0.05, 0.1) is 17.8 Å². The molecule has 3 amide bonds. The number of aliphatic imine (C=N–C) groups is 1. The number of hydrogen-bond acceptors (Lipinski definition) is 7. The Bertz CT molecular complexity index is 1590. The maximum Gasteiger partial charge on any atom is 0.326 e. The van der Waals surface area contributed by atoms with E-state index in [-0.39, 0.29) is 18.6 Å². The molecule has 0 spiro atoms. The minimum Gasteiger partial charge on any atom is -0.480 e. The second kappa shape index (κ2) is 10.2. The van der Waals surface area contributed by atoms with Crippen LogP contribution in [0.15, 0.2) is 71.7 Å². The summed E-state index contributed by atoms with van der Waals surface area (Å²) in [6.07, 6.45) is -0.0979. The number of anilines is 2. The van der Waals surface area contributed by atoms with Gasteiger partial charge in [-0.1, -0.05) is 36.4 Å². The van der Waals surface area contributed by atoms with Crippen LogP contribution in [0.4, 0.5) is 17.1 Å². The Labute approximate surface area is 224 Å². The number of carbonyl (C=O) groups is 4. The Hall–Kier alpha value is -4.68. The summed E-state index contributed by atoms with van der Waals surface area (Å²) in [5.41, 5.74) is 8.47. The minimum atomic E-state index is -2.45. The number of carboxylic acid groups (broad SMARTS) is 1. The lowest BCUT2D eigenvalue weighted by Gasteiger charge is -2.27. The van der Waals surface area contributed by atoms with E-state index in [2.05, 4.69) is 10.3 Å². The lowest BCUT2D eigenvalue weighted by Crippen LogP contribution is -2.46. The van der Waals surface area contributed by atoms with E-state index in [1.54, 1.807) is 48.5 Å². The highest BCUT2D eigenvalue weighted by Gasteiger charge is 2.37. The zero-order valence-electron chi connectivity index (χ0n) is 20.2. The van der Waals surface area contributed by atoms with Crippen LogP contribution in [0, 0.1) is 0 Å². The Balaban J connectivity index is 1.32. The average molecular weight is 547 g/mol. The number of hydrogen-bond donors (Lipinski definition) is 4. The van der Waals surface area contributed by atoms with E-state index >= 15 is 0 Å². The van der Waals surface area contributed by atoms with Gasteiger partial charge in [0, 0.05) is 23.2 Å². The maximum absolute atomic E-state index is 13.0. The molecule has 0 radical (unpaired) electrons. The van der Waals surface area contributed by atoms with Crippen LogP contribution < -0.4 is 16.0 Å². The first-order valence-electron chi connectivity index (χ1n) is 11.8. The number of nitrogens with one attached hydrogen (secondary N) is 1. The molecule has 0 aromatic heterocycles. The maximum atomic E-state index is 13.0. The Morgan fingerprint density at radius 3 is 2.51 bits per heavy atom. The lowest BCUT2D eigenvalue weighted by atomic mass is 9.97. The van der Waals surface area contributed by atoms with Crippen LogP contribution in [0.2, 0.25) is 0 Å². The quantitative estimate of drug-likeness (QED) is 0.198. The van der Waals surface area contributed by atoms with Gasteiger partial charge in [-0.3, -0.25) is 14.4 Å². The second-order valence-electron chi connectivity index (χ2n) is 9.07. The molecule has 0 aliphatic carbocycles. The van der Waals surface area contributed by atoms with Gasteiger partial charge in [0.25, 0.3) is 11.8 Å². The van der Waals surface area contributed by atoms with E-state index in [1.807, 2.05) is 0 Å². The zero-order chi connectivity index (χ0) is 27.8. The van der Waals surface area contributed by atoms with Crippen LogP contribution in [-0.4, -0.2) is 49.3 Å². The highest BCUT2D eigenvalue weighted by atomic mass is 32.2. The van der Waals surface area contributed by atoms with Gasteiger partial charge in [-0.05, 0) is 41.5 Å². The molecule has 2 aliphatic heterocycles. The molecule has 3 aromatic carbocycles. The van der Waals surface area contributed by atoms with Crippen molar-refractivity contribution in [2.45, 2.75) is 24.1 Å². The van der Waals surface area contributed by atoms with Gasteiger partial charge in [-0.2, -0.15) is 0 Å². The summed E-state index contributed by atoms with van der Waals surface area (Å²) in [6.45, 7) is 0. The van der Waals surface area contributed by atoms with E-state index in [9.17, 15) is 33.0 Å². The summed E-state index contributed by atoms with van der Waals surface area (Å²) in [7, 11) is 0. The summed E-state index contributed by atoms with van der Waals surface area (Å²) in [5, 5.41) is 10.9. The standard InChI is InChI=1S/C27H22N4O7S/c28-16-8-7-15-12-22(32)31(26(34)19(15)13-16)17-9-5-14(6-10-17)11-21(27(35)36)30-25(33)23-24(39(37)38)18-3-1-2-4-20(18)29-23/h1-10,13,21,24H,11-12,28H2,(H,30,33)(H,35,36)(H,37,38). The Morgan fingerprint density at radius 1 is 1.10 bits per heavy atom. The summed E-state index contributed by atoms with van der Waals surface area (Å²) < 4.78 is 21.7. The number of aliphatic carboxylic acids is 1. The predicted molar refractivity (Wildman–Crippen MR) is 143 cm³/mol. The molecule has 2 aliphatic rings. The predicted octanol–water partition coefficient (Wildman–Crippen LogP) is 2.16. The first kappa shape index (κ1) is 25.9. The van der Waals surface area contributed by atoms with Crippen molar-refractivity contribution in [3.05, 3.63) is 89.0 Å². The Kier molecular flexibility index (Phi) is 6.81. The normalized spacial score (nSPS) is 17.6. The van der Waals surface area contributed by atoms with Crippen molar-refractivity contribution in [3.63, 3.8) is 0 Å². The number of imide groups is 1. The minimum absolute atomic E-state index is 0.0314. The third-order valence-corrected chi connectivity index (χ3v) is 7.42. The summed E-state index contributed by atoms with van der Waals surface area (Å²) in [4.78, 5) is 55.8. The van der Waals surface area contributed by atoms with E-state index in [4.69, 9.17) is 5.73 Å². The summed E-state index contributed by atoms with van der Waals surface area (Å²) >= 11 is -2.45. The topological polar surface area (TPSA) is 179 Å². The van der Waals surface area contributed by atoms with Crippen molar-refractivity contribution in [1.29, 1.82) is 0 Å². The molecule has 12 heteroatoms. The molecule has 39 heavy (non-hydrogen) atoms. The average Bonchev–Trinajstić information content (AvgIpc) is 3.30. The first-order chi connectivity index (χ1) is 18.6. The first-order valence-corrected chi connectivity index (χ1v) is 13.0. The summed E-state index contributed by atoms with van der Waals surface area (Å²) in [6, 6.07) is 16.1. The fraction of sp³-hybridized carbons (Fsp3) is 0.148. The number of amides is 3. The fourth-order valence-electron chi connectivity index (χ4n) is 4.65. The highest BCUT2D eigenvalue weighted by Crippen LogP contribution is 2.37. The van der Waals surface area contributed by atoms with Gasteiger partial charge in [0.2, 0.25) is 5.91 Å². The smallest absolute Gasteiger partial charge is 0.326 e. The molecular formula is C27H22N4O7S. The van der Waals surface area contributed by atoms with Gasteiger partial charge in [0.1, 0.15) is 17.0 Å². The number of carbonyl (C=O) groups excluding carboxylic acids is 3. The zero-order valence-corrected chi connectivity index (χ0v) is 21.1. The second-order valence-corrected chi connectivity index (χ2v) is 10.1. The SMILES string of the molecule is Nc1ccc2c(c1)C(=O)N(c1ccc(CC(NC(=O)C3=Nc4ccccc4C3S(=O)O)C(=O)O)cc1)C(=O)C2. The van der Waals surface area contributed by atoms with Crippen LogP contribution in [0.5, 0.6) is 0 Å². The van der Waals surface area contributed by atoms with Gasteiger partial charge in [-0.15, -0.1) is 0 Å². The fourth-order valence-corrected chi connectivity index (χ4v) is 5.42. The van der Waals surface area contributed by atoms with Crippen LogP contribution in [-0.2, 0) is 38.3 Å². The molecule has 0 saturated carbocycles. The van der Waals surface area contributed by atoms with Gasteiger partial charge < -0.3 is 20.7 Å². The molecule has 2 heterocycles. The van der Waals surface area contributed by atoms with Crippen molar-refractivity contribution in [2.75, 3.05) is 10.6 Å². The molecule has 3 atom stereocenters.